The highest BCUT2D eigenvalue weighted by Gasteiger charge is 2.42. The molecule has 2 aromatic carbocycles. The molecular formula is C30H29ClN6. The van der Waals surface area contributed by atoms with E-state index in [2.05, 4.69) is 58.4 Å². The fraction of sp³-hybridized carbons (Fsp3) is 0.333. The van der Waals surface area contributed by atoms with Gasteiger partial charge in [-0.1, -0.05) is 61.3 Å². The molecule has 2 saturated carbocycles. The van der Waals surface area contributed by atoms with Crippen LogP contribution in [0.15, 0.2) is 67.3 Å². The number of pyridine rings is 1. The molecule has 6 nitrogen and oxygen atoms in total. The van der Waals surface area contributed by atoms with Crippen LogP contribution in [0.5, 0.6) is 0 Å². The number of hydrogen-bond donors (Lipinski definition) is 1. The van der Waals surface area contributed by atoms with Gasteiger partial charge >= 0.3 is 0 Å². The Kier molecular flexibility index (Phi) is 5.58. The molecule has 2 aliphatic rings. The van der Waals surface area contributed by atoms with Crippen LogP contribution in [0, 0.1) is 23.7 Å². The van der Waals surface area contributed by atoms with E-state index in [1.54, 1.807) is 11.0 Å². The Morgan fingerprint density at radius 1 is 0.892 bits per heavy atom. The van der Waals surface area contributed by atoms with Crippen molar-refractivity contribution in [1.29, 1.82) is 0 Å². The van der Waals surface area contributed by atoms with Gasteiger partial charge in [0.15, 0.2) is 5.65 Å². The van der Waals surface area contributed by atoms with Crippen LogP contribution >= 0.6 is 11.6 Å². The normalized spacial score (nSPS) is 23.1. The van der Waals surface area contributed by atoms with Crippen molar-refractivity contribution in [2.24, 2.45) is 23.7 Å². The summed E-state index contributed by atoms with van der Waals surface area (Å²) in [5.41, 5.74) is 6.66. The van der Waals surface area contributed by atoms with Crippen LogP contribution in [0.25, 0.3) is 39.2 Å². The van der Waals surface area contributed by atoms with Crippen LogP contribution < -0.4 is 0 Å². The number of benzene rings is 2. The smallest absolute Gasteiger partial charge is 0.178 e. The summed E-state index contributed by atoms with van der Waals surface area (Å²) >= 11 is 6.71. The molecule has 4 atom stereocenters. The van der Waals surface area contributed by atoms with Crippen molar-refractivity contribution in [3.05, 3.63) is 78.1 Å². The first-order valence-electron chi connectivity index (χ1n) is 13.2. The average Bonchev–Trinajstić information content (AvgIpc) is 3.71. The molecule has 7 rings (SSSR count). The first-order chi connectivity index (χ1) is 18.1. The first-order valence-corrected chi connectivity index (χ1v) is 13.6. The molecule has 3 aromatic heterocycles. The van der Waals surface area contributed by atoms with E-state index in [1.165, 1.54) is 32.0 Å². The Morgan fingerprint density at radius 3 is 2.38 bits per heavy atom. The predicted octanol–water partition coefficient (Wildman–Crippen LogP) is 7.14. The summed E-state index contributed by atoms with van der Waals surface area (Å²) in [5, 5.41) is 4.82. The maximum atomic E-state index is 6.71. The van der Waals surface area contributed by atoms with Gasteiger partial charge in [0, 0.05) is 12.0 Å². The molecule has 37 heavy (non-hydrogen) atoms. The number of aromatic amines is 1. The molecule has 0 aliphatic heterocycles. The lowest BCUT2D eigenvalue weighted by atomic mass is 9.88. The van der Waals surface area contributed by atoms with Crippen molar-refractivity contribution >= 4 is 22.8 Å². The second-order valence-electron chi connectivity index (χ2n) is 10.8. The van der Waals surface area contributed by atoms with E-state index in [0.29, 0.717) is 5.02 Å². The summed E-state index contributed by atoms with van der Waals surface area (Å²) in [7, 11) is 0. The van der Waals surface area contributed by atoms with Crippen LogP contribution in [-0.4, -0.2) is 29.7 Å². The minimum absolute atomic E-state index is 0.637. The number of fused-ring (bicyclic) bond motifs is 2. The maximum absolute atomic E-state index is 6.71. The van der Waals surface area contributed by atoms with Crippen molar-refractivity contribution in [1.82, 2.24) is 29.7 Å². The van der Waals surface area contributed by atoms with E-state index in [0.717, 1.165) is 75.2 Å². The Balaban J connectivity index is 1.11. The minimum Gasteiger partial charge on any atom is -0.341 e. The quantitative estimate of drug-likeness (QED) is 0.274. The zero-order valence-corrected chi connectivity index (χ0v) is 21.6. The second kappa shape index (κ2) is 9.10. The van der Waals surface area contributed by atoms with Crippen molar-refractivity contribution in [3.63, 3.8) is 0 Å². The molecule has 1 N–H and O–H groups in total. The van der Waals surface area contributed by atoms with Crippen molar-refractivity contribution in [3.8, 4) is 28.1 Å². The number of imidazole rings is 1. The molecular weight excluding hydrogens is 480 g/mol. The highest BCUT2D eigenvalue weighted by molar-refractivity contribution is 6.33. The van der Waals surface area contributed by atoms with Gasteiger partial charge in [0.25, 0.3) is 0 Å². The van der Waals surface area contributed by atoms with E-state index in [9.17, 15) is 0 Å². The zero-order valence-electron chi connectivity index (χ0n) is 20.8. The van der Waals surface area contributed by atoms with Crippen molar-refractivity contribution < 1.29 is 0 Å². The monoisotopic (exact) mass is 508 g/mol. The number of hydrogen-bond acceptors (Lipinski definition) is 4. The second-order valence-corrected chi connectivity index (χ2v) is 11.2. The Morgan fingerprint density at radius 2 is 1.62 bits per heavy atom. The van der Waals surface area contributed by atoms with Crippen molar-refractivity contribution in [2.45, 2.75) is 39.0 Å². The summed E-state index contributed by atoms with van der Waals surface area (Å²) < 4.78 is 1.75. The molecule has 0 amide bonds. The molecule has 7 heteroatoms. The minimum atomic E-state index is 0.637. The number of halogens is 1. The van der Waals surface area contributed by atoms with Crippen LogP contribution in [0.1, 0.15) is 38.4 Å². The molecule has 2 aliphatic carbocycles. The lowest BCUT2D eigenvalue weighted by molar-refractivity contribution is 0.321. The first kappa shape index (κ1) is 22.7. The number of nitrogens with zero attached hydrogens (tertiary/aromatic N) is 5. The Hall–Kier alpha value is -3.51. The Labute approximate surface area is 221 Å². The molecule has 2 fully saturated rings. The number of nitrogens with one attached hydrogen (secondary N) is 1. The largest absolute Gasteiger partial charge is 0.341 e. The molecule has 186 valence electrons. The SMILES string of the molecule is CC1CC[C@@H]2C(Cc3nc4nc(-c5ccc(-c6ccc(-n7cncn7)cc6)cc5)c(Cl)cc4[nH]3)CC[C@H]12. The molecule has 2 unspecified atom stereocenters. The standard InChI is InChI=1S/C30H29ClN6/c1-18-2-12-25-22(9-13-24(18)25)14-28-34-27-15-26(31)29(36-30(27)35-28)21-5-3-19(4-6-21)20-7-10-23(11-8-20)37-17-32-16-33-37/h3-8,10-11,15-18,22,24-25H,2,9,12-14H2,1H3,(H,34,35,36)/t18?,22?,24-,25-/m1/s1. The van der Waals surface area contributed by atoms with Gasteiger partial charge < -0.3 is 4.98 Å². The highest BCUT2D eigenvalue weighted by atomic mass is 35.5. The van der Waals surface area contributed by atoms with Gasteiger partial charge in [-0.25, -0.2) is 19.6 Å². The fourth-order valence-corrected chi connectivity index (χ4v) is 7.01. The summed E-state index contributed by atoms with van der Waals surface area (Å²) in [5.74, 6) is 4.46. The van der Waals surface area contributed by atoms with Gasteiger partial charge in [-0.05, 0) is 72.3 Å². The van der Waals surface area contributed by atoms with Gasteiger partial charge in [-0.15, -0.1) is 0 Å². The molecule has 5 aromatic rings. The third kappa shape index (κ3) is 4.13. The van der Waals surface area contributed by atoms with E-state index >= 15 is 0 Å². The third-order valence-corrected chi connectivity index (χ3v) is 8.97. The molecule has 0 spiro atoms. The van der Waals surface area contributed by atoms with Crippen LogP contribution in [0.4, 0.5) is 0 Å². The number of rotatable bonds is 5. The third-order valence-electron chi connectivity index (χ3n) is 8.69. The van der Waals surface area contributed by atoms with Crippen LogP contribution in [0.3, 0.4) is 0 Å². The molecule has 0 radical (unpaired) electrons. The number of H-pyrrole nitrogens is 1. The summed E-state index contributed by atoms with van der Waals surface area (Å²) in [4.78, 5) is 17.3. The Bertz CT molecular complexity index is 1540. The van der Waals surface area contributed by atoms with Gasteiger partial charge in [-0.3, -0.25) is 0 Å². The average molecular weight is 509 g/mol. The van der Waals surface area contributed by atoms with Crippen molar-refractivity contribution in [2.75, 3.05) is 0 Å². The lowest BCUT2D eigenvalue weighted by Gasteiger charge is -2.18. The van der Waals surface area contributed by atoms with Crippen LogP contribution in [0.2, 0.25) is 5.02 Å². The van der Waals surface area contributed by atoms with Gasteiger partial charge in [0.05, 0.1) is 21.9 Å². The summed E-state index contributed by atoms with van der Waals surface area (Å²) in [6, 6.07) is 18.6. The lowest BCUT2D eigenvalue weighted by Crippen LogP contribution is -2.14. The van der Waals surface area contributed by atoms with E-state index in [4.69, 9.17) is 21.6 Å². The van der Waals surface area contributed by atoms with Gasteiger partial charge in [-0.2, -0.15) is 5.10 Å². The summed E-state index contributed by atoms with van der Waals surface area (Å²) in [6.07, 6.45) is 9.72. The highest BCUT2D eigenvalue weighted by Crippen LogP contribution is 2.51. The molecule has 0 saturated heterocycles. The van der Waals surface area contributed by atoms with Gasteiger partial charge in [0.1, 0.15) is 18.5 Å². The topological polar surface area (TPSA) is 72.3 Å². The molecule has 3 heterocycles. The van der Waals surface area contributed by atoms with Crippen LogP contribution in [-0.2, 0) is 6.42 Å². The van der Waals surface area contributed by atoms with Gasteiger partial charge in [0.2, 0.25) is 0 Å². The van der Waals surface area contributed by atoms with E-state index in [1.807, 2.05) is 18.2 Å². The van der Waals surface area contributed by atoms with E-state index < -0.39 is 0 Å². The zero-order chi connectivity index (χ0) is 24.9. The maximum Gasteiger partial charge on any atom is 0.178 e. The fourth-order valence-electron chi connectivity index (χ4n) is 6.75. The van der Waals surface area contributed by atoms with E-state index in [-0.39, 0.29) is 0 Å². The molecule has 0 bridgehead atoms. The number of aromatic nitrogens is 6. The predicted molar refractivity (Wildman–Crippen MR) is 146 cm³/mol. The summed E-state index contributed by atoms with van der Waals surface area (Å²) in [6.45, 7) is 2.44.